The molecule has 1 aliphatic carbocycles. The molecular formula is C12H17N3O2. The monoisotopic (exact) mass is 235 g/mol. The van der Waals surface area contributed by atoms with E-state index in [0.29, 0.717) is 0 Å². The molecule has 1 heterocycles. The number of hydrogen-bond acceptors (Lipinski definition) is 4. The lowest BCUT2D eigenvalue weighted by molar-refractivity contribution is -0.389. The van der Waals surface area contributed by atoms with Gasteiger partial charge in [0.15, 0.2) is 6.20 Å². The topological polar surface area (TPSA) is 68.1 Å². The van der Waals surface area contributed by atoms with Crippen LogP contribution in [0.5, 0.6) is 0 Å². The third-order valence-corrected chi connectivity index (χ3v) is 3.25. The molecule has 92 valence electrons. The van der Waals surface area contributed by atoms with Crippen molar-refractivity contribution in [3.05, 3.63) is 28.4 Å². The Morgan fingerprint density at radius 2 is 2.12 bits per heavy atom. The van der Waals surface area contributed by atoms with Crippen molar-refractivity contribution in [3.8, 4) is 0 Å². The van der Waals surface area contributed by atoms with Gasteiger partial charge in [-0.25, -0.2) is 0 Å². The summed E-state index contributed by atoms with van der Waals surface area (Å²) in [4.78, 5) is 13.7. The molecule has 1 aromatic rings. The first-order chi connectivity index (χ1) is 8.25. The fraction of sp³-hybridized carbons (Fsp3) is 0.583. The van der Waals surface area contributed by atoms with E-state index < -0.39 is 4.92 Å². The zero-order valence-corrected chi connectivity index (χ0v) is 9.76. The van der Waals surface area contributed by atoms with Crippen molar-refractivity contribution in [1.82, 2.24) is 4.98 Å². The van der Waals surface area contributed by atoms with E-state index in [1.165, 1.54) is 44.4 Å². The minimum absolute atomic E-state index is 0.104. The number of nitrogens with one attached hydrogen (secondary N) is 1. The average Bonchev–Trinajstić information content (AvgIpc) is 2.38. The Morgan fingerprint density at radius 3 is 2.71 bits per heavy atom. The van der Waals surface area contributed by atoms with E-state index >= 15 is 0 Å². The Hall–Kier alpha value is -1.65. The molecule has 1 fully saturated rings. The Labute approximate surface area is 100 Å². The first-order valence-corrected chi connectivity index (χ1v) is 6.10. The lowest BCUT2D eigenvalue weighted by Crippen LogP contribution is -2.17. The molecule has 0 aliphatic heterocycles. The molecule has 1 aliphatic rings. The average molecular weight is 235 g/mol. The molecule has 5 nitrogen and oxygen atoms in total. The number of rotatable bonds is 4. The normalized spacial score (nSPS) is 16.7. The van der Waals surface area contributed by atoms with E-state index in [1.807, 2.05) is 0 Å². The van der Waals surface area contributed by atoms with E-state index in [4.69, 9.17) is 0 Å². The first-order valence-electron chi connectivity index (χ1n) is 6.10. The van der Waals surface area contributed by atoms with Gasteiger partial charge >= 0.3 is 5.82 Å². The van der Waals surface area contributed by atoms with Crippen molar-refractivity contribution in [3.63, 3.8) is 0 Å². The van der Waals surface area contributed by atoms with Crippen molar-refractivity contribution in [2.75, 3.05) is 11.9 Å². The summed E-state index contributed by atoms with van der Waals surface area (Å²) in [6.07, 6.45) is 8.10. The maximum Gasteiger partial charge on any atom is 0.363 e. The first kappa shape index (κ1) is 11.8. The summed E-state index contributed by atoms with van der Waals surface area (Å²) in [6.45, 7) is 0.944. The predicted molar refractivity (Wildman–Crippen MR) is 66.0 cm³/mol. The van der Waals surface area contributed by atoms with Gasteiger partial charge in [-0.05, 0) is 34.7 Å². The maximum atomic E-state index is 10.4. The van der Waals surface area contributed by atoms with Crippen LogP contribution >= 0.6 is 0 Å². The number of hydrogen-bond donors (Lipinski definition) is 1. The van der Waals surface area contributed by atoms with Gasteiger partial charge in [0, 0.05) is 12.6 Å². The number of pyridine rings is 1. The number of nitro groups is 1. The van der Waals surface area contributed by atoms with Crippen molar-refractivity contribution in [1.29, 1.82) is 0 Å². The quantitative estimate of drug-likeness (QED) is 0.643. The fourth-order valence-corrected chi connectivity index (χ4v) is 2.25. The van der Waals surface area contributed by atoms with E-state index in [-0.39, 0.29) is 5.82 Å². The van der Waals surface area contributed by atoms with Crippen molar-refractivity contribution in [2.45, 2.75) is 32.1 Å². The molecule has 0 saturated heterocycles. The molecule has 0 amide bonds. The summed E-state index contributed by atoms with van der Waals surface area (Å²) in [5.74, 6) is 0.632. The second-order valence-electron chi connectivity index (χ2n) is 4.55. The Bertz CT molecular complexity index is 372. The lowest BCUT2D eigenvalue weighted by Gasteiger charge is -2.21. The molecule has 0 unspecified atom stereocenters. The molecule has 17 heavy (non-hydrogen) atoms. The summed E-state index contributed by atoms with van der Waals surface area (Å²) in [6, 6.07) is 3.15. The van der Waals surface area contributed by atoms with Gasteiger partial charge in [-0.1, -0.05) is 19.3 Å². The summed E-state index contributed by atoms with van der Waals surface area (Å²) < 4.78 is 0. The van der Waals surface area contributed by atoms with Gasteiger partial charge in [-0.3, -0.25) is 0 Å². The minimum atomic E-state index is -0.481. The second kappa shape index (κ2) is 5.61. The van der Waals surface area contributed by atoms with Crippen LogP contribution in [0.2, 0.25) is 0 Å². The third kappa shape index (κ3) is 3.41. The SMILES string of the molecule is O=[N+]([O-])c1ccc(NCC2CCCCC2)cn1. The van der Waals surface area contributed by atoms with Crippen molar-refractivity contribution < 1.29 is 4.92 Å². The third-order valence-electron chi connectivity index (χ3n) is 3.25. The highest BCUT2D eigenvalue weighted by atomic mass is 16.6. The zero-order chi connectivity index (χ0) is 12.1. The zero-order valence-electron chi connectivity index (χ0n) is 9.76. The maximum absolute atomic E-state index is 10.4. The summed E-state index contributed by atoms with van der Waals surface area (Å²) in [5.41, 5.74) is 0.862. The van der Waals surface area contributed by atoms with E-state index in [0.717, 1.165) is 18.2 Å². The predicted octanol–water partition coefficient (Wildman–Crippen LogP) is 2.98. The smallest absolute Gasteiger partial charge is 0.363 e. The van der Waals surface area contributed by atoms with Crippen LogP contribution in [0.4, 0.5) is 11.5 Å². The van der Waals surface area contributed by atoms with Gasteiger partial charge in [-0.2, -0.15) is 0 Å². The van der Waals surface area contributed by atoms with Gasteiger partial charge in [0.2, 0.25) is 0 Å². The number of aromatic nitrogens is 1. The molecular weight excluding hydrogens is 218 g/mol. The standard InChI is InChI=1S/C12H17N3O2/c16-15(17)12-7-6-11(9-14-12)13-8-10-4-2-1-3-5-10/h6-7,9-10,13H,1-5,8H2. The van der Waals surface area contributed by atoms with Gasteiger partial charge in [-0.15, -0.1) is 0 Å². The highest BCUT2D eigenvalue weighted by Crippen LogP contribution is 2.24. The molecule has 1 aromatic heterocycles. The van der Waals surface area contributed by atoms with Crippen LogP contribution in [-0.4, -0.2) is 16.5 Å². The summed E-state index contributed by atoms with van der Waals surface area (Å²) in [7, 11) is 0. The highest BCUT2D eigenvalue weighted by molar-refractivity contribution is 5.43. The van der Waals surface area contributed by atoms with Crippen LogP contribution in [0.1, 0.15) is 32.1 Å². The summed E-state index contributed by atoms with van der Waals surface area (Å²) in [5, 5.41) is 13.7. The van der Waals surface area contributed by atoms with E-state index in [9.17, 15) is 10.1 Å². The minimum Gasteiger partial charge on any atom is -0.382 e. The second-order valence-corrected chi connectivity index (χ2v) is 4.55. The fourth-order valence-electron chi connectivity index (χ4n) is 2.25. The van der Waals surface area contributed by atoms with E-state index in [1.54, 1.807) is 6.07 Å². The van der Waals surface area contributed by atoms with Crippen LogP contribution < -0.4 is 5.32 Å². The molecule has 0 bridgehead atoms. The molecule has 1 N–H and O–H groups in total. The number of nitrogens with zero attached hydrogens (tertiary/aromatic N) is 2. The largest absolute Gasteiger partial charge is 0.382 e. The van der Waals surface area contributed by atoms with Crippen molar-refractivity contribution >= 4 is 11.5 Å². The van der Waals surface area contributed by atoms with Crippen LogP contribution in [0.25, 0.3) is 0 Å². The number of anilines is 1. The molecule has 5 heteroatoms. The van der Waals surface area contributed by atoms with Crippen LogP contribution in [0.15, 0.2) is 18.3 Å². The summed E-state index contributed by atoms with van der Waals surface area (Å²) >= 11 is 0. The van der Waals surface area contributed by atoms with Gasteiger partial charge in [0.25, 0.3) is 0 Å². The van der Waals surface area contributed by atoms with E-state index in [2.05, 4.69) is 10.3 Å². The molecule has 0 radical (unpaired) electrons. The van der Waals surface area contributed by atoms with Gasteiger partial charge in [0.1, 0.15) is 0 Å². The lowest BCUT2D eigenvalue weighted by atomic mass is 9.89. The van der Waals surface area contributed by atoms with Crippen LogP contribution in [-0.2, 0) is 0 Å². The highest BCUT2D eigenvalue weighted by Gasteiger charge is 2.13. The molecule has 0 aromatic carbocycles. The Kier molecular flexibility index (Phi) is 3.90. The van der Waals surface area contributed by atoms with Crippen molar-refractivity contribution in [2.24, 2.45) is 5.92 Å². The van der Waals surface area contributed by atoms with Crippen LogP contribution in [0.3, 0.4) is 0 Å². The van der Waals surface area contributed by atoms with Gasteiger partial charge < -0.3 is 15.4 Å². The van der Waals surface area contributed by atoms with Gasteiger partial charge in [0.05, 0.1) is 5.69 Å². The molecule has 1 saturated carbocycles. The molecule has 2 rings (SSSR count). The van der Waals surface area contributed by atoms with Crippen LogP contribution in [0, 0.1) is 16.0 Å². The molecule has 0 atom stereocenters. The Balaban J connectivity index is 1.84. The Morgan fingerprint density at radius 1 is 1.35 bits per heavy atom. The molecule has 0 spiro atoms.